The summed E-state index contributed by atoms with van der Waals surface area (Å²) in [5.41, 5.74) is 4.42. The monoisotopic (exact) mass is 531 g/mol. The number of nitrogens with zero attached hydrogens (tertiary/aromatic N) is 5. The van der Waals surface area contributed by atoms with E-state index in [2.05, 4.69) is 29.1 Å². The molecule has 2 aliphatic rings. The summed E-state index contributed by atoms with van der Waals surface area (Å²) in [7, 11) is 1.78. The van der Waals surface area contributed by atoms with Crippen LogP contribution in [0.1, 0.15) is 45.3 Å². The zero-order chi connectivity index (χ0) is 27.2. The Kier molecular flexibility index (Phi) is 8.46. The molecule has 0 unspecified atom stereocenters. The number of anilines is 1. The van der Waals surface area contributed by atoms with E-state index in [1.807, 2.05) is 30.3 Å². The Bertz CT molecular complexity index is 1300. The summed E-state index contributed by atoms with van der Waals surface area (Å²) in [6.07, 6.45) is 3.18. The van der Waals surface area contributed by atoms with Crippen molar-refractivity contribution in [2.24, 2.45) is 0 Å². The minimum absolute atomic E-state index is 0.0594. The molecule has 0 spiro atoms. The predicted octanol–water partition coefficient (Wildman–Crippen LogP) is 3.33. The second kappa shape index (κ2) is 12.3. The molecule has 2 amide bonds. The summed E-state index contributed by atoms with van der Waals surface area (Å²) >= 11 is 0. The van der Waals surface area contributed by atoms with Gasteiger partial charge in [-0.25, -0.2) is 0 Å². The van der Waals surface area contributed by atoms with Crippen LogP contribution in [0.25, 0.3) is 0 Å². The maximum Gasteiger partial charge on any atom is 0.272 e. The molecule has 2 bridgehead atoms. The van der Waals surface area contributed by atoms with E-state index in [0.717, 1.165) is 42.1 Å². The Labute approximate surface area is 229 Å². The molecule has 0 N–H and O–H groups in total. The van der Waals surface area contributed by atoms with Crippen LogP contribution in [0.5, 0.6) is 5.75 Å². The zero-order valence-electron chi connectivity index (χ0n) is 22.8. The van der Waals surface area contributed by atoms with Gasteiger partial charge in [-0.05, 0) is 48.4 Å². The van der Waals surface area contributed by atoms with Crippen molar-refractivity contribution in [2.45, 2.75) is 26.3 Å². The van der Waals surface area contributed by atoms with E-state index >= 15 is 0 Å². The number of likely N-dealkylation sites (N-methyl/N-ethyl adjacent to an activating group) is 1. The predicted molar refractivity (Wildman–Crippen MR) is 150 cm³/mol. The molecule has 3 heterocycles. The fourth-order valence-corrected chi connectivity index (χ4v) is 5.14. The Balaban J connectivity index is 1.45. The van der Waals surface area contributed by atoms with Crippen LogP contribution >= 0.6 is 0 Å². The quantitative estimate of drug-likeness (QED) is 0.514. The van der Waals surface area contributed by atoms with Gasteiger partial charge in [0, 0.05) is 69.2 Å². The maximum atomic E-state index is 13.6. The number of carbonyl (C=O) groups excluding carboxylic acids is 2. The molecule has 0 saturated carbocycles. The average molecular weight is 532 g/mol. The summed E-state index contributed by atoms with van der Waals surface area (Å²) < 4.78 is 13.6. The zero-order valence-corrected chi connectivity index (χ0v) is 22.8. The molecule has 206 valence electrons. The number of morpholine rings is 1. The molecular formula is C30H37N5O4. The Morgan fingerprint density at radius 1 is 0.974 bits per heavy atom. The van der Waals surface area contributed by atoms with Crippen molar-refractivity contribution in [2.75, 3.05) is 64.5 Å². The molecule has 1 aromatic heterocycles. The van der Waals surface area contributed by atoms with Gasteiger partial charge in [0.1, 0.15) is 18.1 Å². The van der Waals surface area contributed by atoms with Crippen molar-refractivity contribution < 1.29 is 19.1 Å². The molecule has 2 aromatic carbocycles. The third kappa shape index (κ3) is 6.25. The van der Waals surface area contributed by atoms with Crippen molar-refractivity contribution in [3.05, 3.63) is 77.1 Å². The number of benzene rings is 2. The van der Waals surface area contributed by atoms with Crippen LogP contribution < -0.4 is 9.64 Å². The van der Waals surface area contributed by atoms with Gasteiger partial charge in [0.2, 0.25) is 0 Å². The first kappa shape index (κ1) is 26.7. The van der Waals surface area contributed by atoms with Crippen LogP contribution in [0, 0.1) is 0 Å². The van der Waals surface area contributed by atoms with Crippen LogP contribution in [0.15, 0.2) is 54.7 Å². The average Bonchev–Trinajstić information content (AvgIpc) is 3.43. The van der Waals surface area contributed by atoms with E-state index in [1.165, 1.54) is 0 Å². The first-order chi connectivity index (χ1) is 19.0. The standard InChI is InChI=1S/C30H37N5O4/c1-3-11-35-27(9-10-31-35)30(37)34-13-12-32(2)29(36)24-6-4-5-23(20-24)21-25-22-26(33-14-17-38-18-15-33)7-8-28(25)39-19-16-34/h4-10,20,22H,3,11-19,21H2,1-2H3. The smallest absolute Gasteiger partial charge is 0.272 e. The third-order valence-electron chi connectivity index (χ3n) is 7.32. The van der Waals surface area contributed by atoms with Gasteiger partial charge in [-0.3, -0.25) is 14.3 Å². The van der Waals surface area contributed by atoms with E-state index < -0.39 is 0 Å². The first-order valence-electron chi connectivity index (χ1n) is 13.8. The molecule has 0 aliphatic carbocycles. The molecule has 9 heteroatoms. The van der Waals surface area contributed by atoms with Crippen LogP contribution in [0.4, 0.5) is 5.69 Å². The number of hydrogen-bond donors (Lipinski definition) is 0. The topological polar surface area (TPSA) is 80.1 Å². The van der Waals surface area contributed by atoms with Crippen molar-refractivity contribution >= 4 is 17.5 Å². The summed E-state index contributed by atoms with van der Waals surface area (Å²) in [6, 6.07) is 15.8. The van der Waals surface area contributed by atoms with Crippen molar-refractivity contribution in [1.82, 2.24) is 19.6 Å². The van der Waals surface area contributed by atoms with Crippen molar-refractivity contribution in [1.29, 1.82) is 0 Å². The lowest BCUT2D eigenvalue weighted by Gasteiger charge is -2.30. The second-order valence-electron chi connectivity index (χ2n) is 10.1. The van der Waals surface area contributed by atoms with Gasteiger partial charge in [0.05, 0.1) is 19.8 Å². The third-order valence-corrected chi connectivity index (χ3v) is 7.32. The molecule has 9 nitrogen and oxygen atoms in total. The van der Waals surface area contributed by atoms with Gasteiger partial charge in [-0.2, -0.15) is 5.10 Å². The summed E-state index contributed by atoms with van der Waals surface area (Å²) in [5.74, 6) is 0.625. The van der Waals surface area contributed by atoms with Gasteiger partial charge >= 0.3 is 0 Å². The highest BCUT2D eigenvalue weighted by molar-refractivity contribution is 5.94. The van der Waals surface area contributed by atoms with E-state index in [9.17, 15) is 9.59 Å². The lowest BCUT2D eigenvalue weighted by molar-refractivity contribution is 0.0659. The minimum atomic E-state index is -0.109. The molecule has 0 radical (unpaired) electrons. The highest BCUT2D eigenvalue weighted by Crippen LogP contribution is 2.29. The van der Waals surface area contributed by atoms with Crippen molar-refractivity contribution in [3.8, 4) is 5.75 Å². The van der Waals surface area contributed by atoms with Crippen LogP contribution in [0.2, 0.25) is 0 Å². The van der Waals surface area contributed by atoms with Gasteiger partial charge in [-0.15, -0.1) is 0 Å². The molecule has 1 saturated heterocycles. The highest BCUT2D eigenvalue weighted by Gasteiger charge is 2.23. The summed E-state index contributed by atoms with van der Waals surface area (Å²) in [6.45, 7) is 7.40. The number of carbonyl (C=O) groups is 2. The van der Waals surface area contributed by atoms with Gasteiger partial charge in [0.15, 0.2) is 0 Å². The number of aromatic nitrogens is 2. The number of hydrogen-bond acceptors (Lipinski definition) is 6. The molecule has 0 atom stereocenters. The van der Waals surface area contributed by atoms with Crippen LogP contribution in [0.3, 0.4) is 0 Å². The number of fused-ring (bicyclic) bond motifs is 3. The van der Waals surface area contributed by atoms with E-state index in [0.29, 0.717) is 63.7 Å². The number of ether oxygens (including phenoxy) is 2. The molecule has 5 rings (SSSR count). The molecule has 3 aromatic rings. The van der Waals surface area contributed by atoms with Gasteiger partial charge < -0.3 is 24.2 Å². The number of aryl methyl sites for hydroxylation is 1. The molecular weight excluding hydrogens is 494 g/mol. The number of amides is 2. The van der Waals surface area contributed by atoms with Crippen molar-refractivity contribution in [3.63, 3.8) is 0 Å². The maximum absolute atomic E-state index is 13.6. The summed E-state index contributed by atoms with van der Waals surface area (Å²) in [4.78, 5) is 32.6. The number of rotatable bonds is 4. The van der Waals surface area contributed by atoms with Gasteiger partial charge in [-0.1, -0.05) is 19.1 Å². The van der Waals surface area contributed by atoms with E-state index in [1.54, 1.807) is 33.8 Å². The molecule has 39 heavy (non-hydrogen) atoms. The Morgan fingerprint density at radius 3 is 2.64 bits per heavy atom. The minimum Gasteiger partial charge on any atom is -0.491 e. The highest BCUT2D eigenvalue weighted by atomic mass is 16.5. The largest absolute Gasteiger partial charge is 0.491 e. The lowest BCUT2D eigenvalue weighted by atomic mass is 10.0. The second-order valence-corrected chi connectivity index (χ2v) is 10.1. The van der Waals surface area contributed by atoms with E-state index in [4.69, 9.17) is 9.47 Å². The SMILES string of the molecule is CCCn1nccc1C(=O)N1CCOc2ccc(N3CCOCC3)cc2Cc2cccc(c2)C(=O)N(C)CC1. The molecule has 2 aliphatic heterocycles. The Hall–Kier alpha value is -3.85. The van der Waals surface area contributed by atoms with Crippen LogP contribution in [-0.2, 0) is 17.7 Å². The van der Waals surface area contributed by atoms with E-state index in [-0.39, 0.29) is 11.8 Å². The summed E-state index contributed by atoms with van der Waals surface area (Å²) in [5, 5.41) is 4.33. The molecule has 1 fully saturated rings. The van der Waals surface area contributed by atoms with Gasteiger partial charge in [0.25, 0.3) is 11.8 Å². The van der Waals surface area contributed by atoms with Crippen LogP contribution in [-0.4, -0.2) is 91.0 Å². The lowest BCUT2D eigenvalue weighted by Crippen LogP contribution is -2.42. The fraction of sp³-hybridized carbons (Fsp3) is 0.433. The fourth-order valence-electron chi connectivity index (χ4n) is 5.14. The normalized spacial score (nSPS) is 16.9. The first-order valence-corrected chi connectivity index (χ1v) is 13.8. The Morgan fingerprint density at radius 2 is 1.82 bits per heavy atom.